The molecule has 3 rings (SSSR count). The summed E-state index contributed by atoms with van der Waals surface area (Å²) in [6.45, 7) is 2.38. The highest BCUT2D eigenvalue weighted by atomic mass is 79.9. The fraction of sp³-hybridized carbons (Fsp3) is 1.00. The topological polar surface area (TPSA) is 9.23 Å². The second-order valence-electron chi connectivity index (χ2n) is 6.66. The molecule has 0 aromatic carbocycles. The van der Waals surface area contributed by atoms with Gasteiger partial charge in [-0.3, -0.25) is 0 Å². The van der Waals surface area contributed by atoms with Gasteiger partial charge in [0.15, 0.2) is 0 Å². The molecule has 1 spiro atoms. The summed E-state index contributed by atoms with van der Waals surface area (Å²) < 4.78 is 6.48. The highest BCUT2D eigenvalue weighted by Crippen LogP contribution is 2.58. The second-order valence-corrected chi connectivity index (χ2v) is 7.77. The molecule has 4 unspecified atom stereocenters. The number of hydrogen-bond acceptors (Lipinski definition) is 1. The summed E-state index contributed by atoms with van der Waals surface area (Å²) in [5, 5.41) is 0. The van der Waals surface area contributed by atoms with Crippen LogP contribution in [0, 0.1) is 11.3 Å². The zero-order chi connectivity index (χ0) is 11.9. The predicted octanol–water partition coefficient (Wildman–Crippen LogP) is 4.68. The lowest BCUT2D eigenvalue weighted by molar-refractivity contribution is -0.144. The Labute approximate surface area is 114 Å². The van der Waals surface area contributed by atoms with Crippen LogP contribution in [0.15, 0.2) is 0 Å². The summed E-state index contributed by atoms with van der Waals surface area (Å²) in [7, 11) is 0. The van der Waals surface area contributed by atoms with Crippen LogP contribution in [-0.4, -0.2) is 17.0 Å². The number of alkyl halides is 1. The smallest absolute Gasteiger partial charge is 0.0656 e. The minimum Gasteiger partial charge on any atom is -0.374 e. The molecule has 3 saturated carbocycles. The summed E-state index contributed by atoms with van der Waals surface area (Å²) in [5.74, 6) is 0.883. The zero-order valence-corrected chi connectivity index (χ0v) is 12.5. The van der Waals surface area contributed by atoms with Gasteiger partial charge in [-0.15, -0.1) is 0 Å². The van der Waals surface area contributed by atoms with E-state index in [1.807, 2.05) is 0 Å². The van der Waals surface area contributed by atoms with Crippen LogP contribution in [0.5, 0.6) is 0 Å². The van der Waals surface area contributed by atoms with Gasteiger partial charge in [-0.25, -0.2) is 0 Å². The lowest BCUT2D eigenvalue weighted by Gasteiger charge is -2.53. The zero-order valence-electron chi connectivity index (χ0n) is 11.0. The summed E-state index contributed by atoms with van der Waals surface area (Å²) in [6, 6.07) is 0. The number of hydrogen-bond donors (Lipinski definition) is 0. The van der Waals surface area contributed by atoms with Crippen LogP contribution < -0.4 is 0 Å². The first-order valence-corrected chi connectivity index (χ1v) is 8.42. The van der Waals surface area contributed by atoms with Crippen molar-refractivity contribution >= 4 is 15.9 Å². The van der Waals surface area contributed by atoms with Gasteiger partial charge in [0.1, 0.15) is 0 Å². The highest BCUT2D eigenvalue weighted by molar-refractivity contribution is 9.09. The van der Waals surface area contributed by atoms with Gasteiger partial charge < -0.3 is 4.74 Å². The van der Waals surface area contributed by atoms with Crippen LogP contribution in [0.2, 0.25) is 0 Å². The van der Waals surface area contributed by atoms with Crippen LogP contribution in [-0.2, 0) is 4.74 Å². The van der Waals surface area contributed by atoms with E-state index in [-0.39, 0.29) is 0 Å². The lowest BCUT2D eigenvalue weighted by Crippen LogP contribution is -2.55. The molecular weight excluding hydrogens is 276 g/mol. The van der Waals surface area contributed by atoms with Crippen molar-refractivity contribution < 1.29 is 4.74 Å². The Morgan fingerprint density at radius 2 is 1.82 bits per heavy atom. The van der Waals surface area contributed by atoms with E-state index in [2.05, 4.69) is 22.9 Å². The number of rotatable bonds is 2. The largest absolute Gasteiger partial charge is 0.374 e. The van der Waals surface area contributed by atoms with Crippen molar-refractivity contribution in [3.8, 4) is 0 Å². The van der Waals surface area contributed by atoms with Crippen LogP contribution in [0.25, 0.3) is 0 Å². The molecule has 0 saturated heterocycles. The van der Waals surface area contributed by atoms with Gasteiger partial charge >= 0.3 is 0 Å². The molecule has 0 aromatic rings. The van der Waals surface area contributed by atoms with E-state index in [0.29, 0.717) is 17.6 Å². The first-order valence-electron chi connectivity index (χ1n) is 7.50. The van der Waals surface area contributed by atoms with E-state index >= 15 is 0 Å². The molecule has 1 nitrogen and oxygen atoms in total. The van der Waals surface area contributed by atoms with Gasteiger partial charge in [0.05, 0.1) is 12.2 Å². The fourth-order valence-electron chi connectivity index (χ4n) is 4.29. The normalized spacial score (nSPS) is 44.8. The van der Waals surface area contributed by atoms with Gasteiger partial charge in [0.2, 0.25) is 0 Å². The molecule has 0 radical (unpaired) electrons. The monoisotopic (exact) mass is 300 g/mol. The molecule has 0 aromatic heterocycles. The Hall–Kier alpha value is 0.440. The van der Waals surface area contributed by atoms with Gasteiger partial charge in [-0.1, -0.05) is 48.5 Å². The van der Waals surface area contributed by atoms with Crippen molar-refractivity contribution in [3.63, 3.8) is 0 Å². The first kappa shape index (κ1) is 12.5. The SMILES string of the molecule is CC1CCCC(OC2CC(Br)C23CCCC3)C1. The molecule has 3 aliphatic rings. The third-order valence-corrected chi connectivity index (χ3v) is 6.75. The third-order valence-electron chi connectivity index (χ3n) is 5.47. The molecular formula is C15H25BrO. The molecule has 3 fully saturated rings. The number of halogens is 1. The molecule has 2 heteroatoms. The van der Waals surface area contributed by atoms with E-state index in [9.17, 15) is 0 Å². The van der Waals surface area contributed by atoms with E-state index < -0.39 is 0 Å². The Morgan fingerprint density at radius 3 is 2.47 bits per heavy atom. The van der Waals surface area contributed by atoms with Crippen molar-refractivity contribution in [2.45, 2.75) is 81.7 Å². The van der Waals surface area contributed by atoms with Crippen molar-refractivity contribution in [1.82, 2.24) is 0 Å². The van der Waals surface area contributed by atoms with E-state index in [4.69, 9.17) is 4.74 Å². The maximum Gasteiger partial charge on any atom is 0.0656 e. The maximum atomic E-state index is 6.48. The third kappa shape index (κ3) is 2.20. The van der Waals surface area contributed by atoms with Gasteiger partial charge in [-0.05, 0) is 38.0 Å². The van der Waals surface area contributed by atoms with Crippen molar-refractivity contribution in [3.05, 3.63) is 0 Å². The molecule has 0 N–H and O–H groups in total. The standard InChI is InChI=1S/C15H25BrO/c1-11-5-4-6-12(9-11)17-14-10-13(16)15(14)7-2-3-8-15/h11-14H,2-10H2,1H3. The molecule has 0 heterocycles. The fourth-order valence-corrected chi connectivity index (χ4v) is 5.38. The molecule has 3 aliphatic carbocycles. The molecule has 0 bridgehead atoms. The minimum absolute atomic E-state index is 0.528. The Morgan fingerprint density at radius 1 is 1.06 bits per heavy atom. The van der Waals surface area contributed by atoms with Crippen LogP contribution >= 0.6 is 15.9 Å². The van der Waals surface area contributed by atoms with E-state index in [1.54, 1.807) is 0 Å². The van der Waals surface area contributed by atoms with E-state index in [1.165, 1.54) is 57.8 Å². The first-order chi connectivity index (χ1) is 8.21. The summed E-state index contributed by atoms with van der Waals surface area (Å²) in [4.78, 5) is 0.739. The average Bonchev–Trinajstić information content (AvgIpc) is 2.80. The van der Waals surface area contributed by atoms with Crippen molar-refractivity contribution in [2.75, 3.05) is 0 Å². The van der Waals surface area contributed by atoms with Crippen molar-refractivity contribution in [1.29, 1.82) is 0 Å². The highest BCUT2D eigenvalue weighted by Gasteiger charge is 2.56. The minimum atomic E-state index is 0.528. The summed E-state index contributed by atoms with van der Waals surface area (Å²) in [6.07, 6.45) is 13.4. The van der Waals surface area contributed by atoms with Crippen molar-refractivity contribution in [2.24, 2.45) is 11.3 Å². The van der Waals surface area contributed by atoms with Crippen LogP contribution in [0.1, 0.15) is 64.7 Å². The molecule has 98 valence electrons. The van der Waals surface area contributed by atoms with Crippen LogP contribution in [0.3, 0.4) is 0 Å². The number of ether oxygens (including phenoxy) is 1. The Kier molecular flexibility index (Phi) is 3.56. The maximum absolute atomic E-state index is 6.48. The van der Waals surface area contributed by atoms with Gasteiger partial charge in [0, 0.05) is 10.2 Å². The molecule has 4 atom stereocenters. The van der Waals surface area contributed by atoms with E-state index in [0.717, 1.165) is 10.7 Å². The Bertz CT molecular complexity index is 272. The molecule has 17 heavy (non-hydrogen) atoms. The Balaban J connectivity index is 1.58. The van der Waals surface area contributed by atoms with Crippen LogP contribution in [0.4, 0.5) is 0 Å². The van der Waals surface area contributed by atoms with Gasteiger partial charge in [0.25, 0.3) is 0 Å². The average molecular weight is 301 g/mol. The summed E-state index contributed by atoms with van der Waals surface area (Å²) in [5.41, 5.74) is 0.528. The predicted molar refractivity (Wildman–Crippen MR) is 74.5 cm³/mol. The molecule has 0 aliphatic heterocycles. The lowest BCUT2D eigenvalue weighted by atomic mass is 9.64. The second kappa shape index (κ2) is 4.85. The molecule has 0 amide bonds. The quantitative estimate of drug-likeness (QED) is 0.673. The summed E-state index contributed by atoms with van der Waals surface area (Å²) >= 11 is 3.88. The van der Waals surface area contributed by atoms with Gasteiger partial charge in [-0.2, -0.15) is 0 Å².